The molecule has 6 nitrogen and oxygen atoms in total. The maximum Gasteiger partial charge on any atom is 0.246 e. The highest BCUT2D eigenvalue weighted by Crippen LogP contribution is 2.24. The number of benzene rings is 2. The maximum absolute atomic E-state index is 12.3. The molecule has 150 valence electrons. The first-order valence-electron chi connectivity index (χ1n) is 9.18. The Balaban J connectivity index is 0.000000153. The van der Waals surface area contributed by atoms with Crippen molar-refractivity contribution in [1.29, 1.82) is 0 Å². The molecule has 4 rings (SSSR count). The second-order valence-electron chi connectivity index (χ2n) is 6.72. The van der Waals surface area contributed by atoms with E-state index in [0.717, 1.165) is 36.6 Å². The van der Waals surface area contributed by atoms with Crippen molar-refractivity contribution in [1.82, 2.24) is 15.3 Å². The molecule has 1 aromatic heterocycles. The summed E-state index contributed by atoms with van der Waals surface area (Å²) in [7, 11) is 1.85. The van der Waals surface area contributed by atoms with Gasteiger partial charge in [-0.3, -0.25) is 14.7 Å². The maximum atomic E-state index is 12.3. The van der Waals surface area contributed by atoms with Crippen molar-refractivity contribution in [3.63, 3.8) is 0 Å². The van der Waals surface area contributed by atoms with Crippen LogP contribution in [0.1, 0.15) is 31.2 Å². The van der Waals surface area contributed by atoms with Crippen molar-refractivity contribution >= 4 is 16.8 Å². The number of nitrogens with zero attached hydrogens (tertiary/aromatic N) is 2. The van der Waals surface area contributed by atoms with Crippen LogP contribution in [0.5, 0.6) is 5.75 Å². The van der Waals surface area contributed by atoms with Crippen molar-refractivity contribution in [2.24, 2.45) is 13.0 Å². The number of aromatic nitrogens is 2. The Kier molecular flexibility index (Phi) is 7.95. The zero-order chi connectivity index (χ0) is 20.5. The summed E-state index contributed by atoms with van der Waals surface area (Å²) in [5.41, 5.74) is 3.32. The number of phenols is 1. The van der Waals surface area contributed by atoms with Crippen molar-refractivity contribution in [2.45, 2.75) is 32.6 Å². The summed E-state index contributed by atoms with van der Waals surface area (Å²) in [6, 6.07) is 11.9. The number of hydrogen-bond donors (Lipinski definition) is 3. The normalized spacial score (nSPS) is 13.3. The smallest absolute Gasteiger partial charge is 0.246 e. The zero-order valence-corrected chi connectivity index (χ0v) is 16.1. The summed E-state index contributed by atoms with van der Waals surface area (Å²) < 4.78 is 14.0. The highest BCUT2D eigenvalue weighted by Gasteiger charge is 2.21. The van der Waals surface area contributed by atoms with Gasteiger partial charge in [0.1, 0.15) is 11.6 Å². The molecular weight excluding hydrogens is 361 g/mol. The molecule has 1 aliphatic rings. The molecule has 0 unspecified atom stereocenters. The fourth-order valence-electron chi connectivity index (χ4n) is 2.96. The number of carbonyl (C=O) groups is 1. The Morgan fingerprint density at radius 1 is 1.21 bits per heavy atom. The molecule has 0 bridgehead atoms. The Morgan fingerprint density at radius 3 is 2.46 bits per heavy atom. The van der Waals surface area contributed by atoms with Crippen LogP contribution in [-0.2, 0) is 11.8 Å². The van der Waals surface area contributed by atoms with E-state index in [-0.39, 0.29) is 23.4 Å². The van der Waals surface area contributed by atoms with Gasteiger partial charge < -0.3 is 5.11 Å². The van der Waals surface area contributed by atoms with Crippen LogP contribution in [0, 0.1) is 18.7 Å². The van der Waals surface area contributed by atoms with Crippen LogP contribution in [0.15, 0.2) is 48.7 Å². The van der Waals surface area contributed by atoms with E-state index in [1.807, 2.05) is 19.2 Å². The van der Waals surface area contributed by atoms with Crippen LogP contribution < -0.4 is 5.48 Å². The molecule has 7 heteroatoms. The first-order valence-corrected chi connectivity index (χ1v) is 9.18. The number of aryl methyl sites for hydroxylation is 2. The van der Waals surface area contributed by atoms with Gasteiger partial charge in [0.2, 0.25) is 5.91 Å². The van der Waals surface area contributed by atoms with Gasteiger partial charge in [-0.1, -0.05) is 31.0 Å². The Hall–Kier alpha value is -2.93. The highest BCUT2D eigenvalue weighted by molar-refractivity contribution is 5.79. The molecule has 0 spiro atoms. The summed E-state index contributed by atoms with van der Waals surface area (Å²) in [4.78, 5) is 10.7. The van der Waals surface area contributed by atoms with Gasteiger partial charge in [-0.15, -0.1) is 0 Å². The summed E-state index contributed by atoms with van der Waals surface area (Å²) in [6.45, 7) is 1.75. The van der Waals surface area contributed by atoms with Crippen LogP contribution >= 0.6 is 0 Å². The number of hydroxylamine groups is 1. The van der Waals surface area contributed by atoms with Gasteiger partial charge in [-0.05, 0) is 43.5 Å². The largest absolute Gasteiger partial charge is 0.508 e. The molecule has 2 aromatic carbocycles. The first-order chi connectivity index (χ1) is 13.4. The minimum Gasteiger partial charge on any atom is -0.508 e. The molecule has 0 aliphatic heterocycles. The lowest BCUT2D eigenvalue weighted by Crippen LogP contribution is -2.25. The van der Waals surface area contributed by atoms with E-state index in [1.54, 1.807) is 47.5 Å². The lowest BCUT2D eigenvalue weighted by molar-refractivity contribution is -0.133. The minimum absolute atomic E-state index is 0.0787. The van der Waals surface area contributed by atoms with Crippen LogP contribution in [0.2, 0.25) is 0 Å². The van der Waals surface area contributed by atoms with E-state index in [2.05, 4.69) is 5.10 Å². The van der Waals surface area contributed by atoms with E-state index in [4.69, 9.17) is 10.3 Å². The third kappa shape index (κ3) is 6.06. The van der Waals surface area contributed by atoms with E-state index >= 15 is 0 Å². The molecule has 1 fully saturated rings. The lowest BCUT2D eigenvalue weighted by Gasteiger charge is -2.03. The second-order valence-corrected chi connectivity index (χ2v) is 6.72. The summed E-state index contributed by atoms with van der Waals surface area (Å²) in [5.74, 6) is 0.0103. The van der Waals surface area contributed by atoms with Gasteiger partial charge in [-0.2, -0.15) is 5.10 Å². The molecule has 1 heterocycles. The molecule has 0 radical (unpaired) electrons. The van der Waals surface area contributed by atoms with Crippen LogP contribution in [0.25, 0.3) is 10.9 Å². The predicted molar refractivity (Wildman–Crippen MR) is 105 cm³/mol. The minimum atomic E-state index is -0.215. The Labute approximate surface area is 163 Å². The fraction of sp³-hybridized carbons (Fsp3) is 0.333. The number of carbonyl (C=O) groups excluding carboxylic acids is 1. The Morgan fingerprint density at radius 2 is 1.89 bits per heavy atom. The summed E-state index contributed by atoms with van der Waals surface area (Å²) in [5, 5.41) is 22.4. The molecular formula is C21H26FN3O3. The van der Waals surface area contributed by atoms with E-state index in [9.17, 15) is 9.18 Å². The molecule has 28 heavy (non-hydrogen) atoms. The zero-order valence-electron chi connectivity index (χ0n) is 16.1. The third-order valence-electron chi connectivity index (χ3n) is 4.65. The standard InChI is InChI=1S/C8H8N2O.C7H7F.C6H11NO2/c1-10-8-4-7(11)3-2-6(8)5-9-10;1-6-4-2-3-5-7(6)8;8-6(7-9)5-3-1-2-4-5/h2-5,11H,1H3;2-5H,1H3;5,9H,1-4H2,(H,7,8). The lowest BCUT2D eigenvalue weighted by atomic mass is 10.1. The average molecular weight is 387 g/mol. The van der Waals surface area contributed by atoms with Gasteiger partial charge in [0, 0.05) is 24.4 Å². The number of halogens is 1. The number of hydrogen-bond acceptors (Lipinski definition) is 4. The number of rotatable bonds is 1. The number of nitrogens with one attached hydrogen (secondary N) is 1. The van der Waals surface area contributed by atoms with Crippen LogP contribution in [0.3, 0.4) is 0 Å². The van der Waals surface area contributed by atoms with E-state index in [1.165, 1.54) is 6.07 Å². The SMILES string of the molecule is Cc1ccccc1F.Cn1ncc2ccc(O)cc21.O=C(NO)C1CCCC1. The molecule has 1 aliphatic carbocycles. The number of aromatic hydroxyl groups is 1. The molecule has 0 atom stereocenters. The number of amides is 1. The van der Waals surface area contributed by atoms with Gasteiger partial charge in [0.05, 0.1) is 11.7 Å². The summed E-state index contributed by atoms with van der Waals surface area (Å²) >= 11 is 0. The fourth-order valence-corrected chi connectivity index (χ4v) is 2.96. The van der Waals surface area contributed by atoms with Gasteiger partial charge in [0.15, 0.2) is 0 Å². The molecule has 0 saturated heterocycles. The number of fused-ring (bicyclic) bond motifs is 1. The van der Waals surface area contributed by atoms with Crippen LogP contribution in [-0.4, -0.2) is 26.0 Å². The quantitative estimate of drug-likeness (QED) is 0.433. The molecule has 3 N–H and O–H groups in total. The molecule has 3 aromatic rings. The van der Waals surface area contributed by atoms with Crippen molar-refractivity contribution in [2.75, 3.05) is 0 Å². The van der Waals surface area contributed by atoms with Crippen molar-refractivity contribution in [3.8, 4) is 5.75 Å². The highest BCUT2D eigenvalue weighted by atomic mass is 19.1. The second kappa shape index (κ2) is 10.4. The van der Waals surface area contributed by atoms with Crippen molar-refractivity contribution in [3.05, 3.63) is 60.0 Å². The summed E-state index contributed by atoms with van der Waals surface area (Å²) in [6.07, 6.45) is 5.89. The van der Waals surface area contributed by atoms with Gasteiger partial charge in [-0.25, -0.2) is 9.87 Å². The van der Waals surface area contributed by atoms with E-state index < -0.39 is 0 Å². The average Bonchev–Trinajstić information content (AvgIpc) is 3.35. The van der Waals surface area contributed by atoms with Gasteiger partial charge >= 0.3 is 0 Å². The number of phenolic OH excluding ortho intramolecular Hbond substituents is 1. The Bertz CT molecular complexity index is 884. The van der Waals surface area contributed by atoms with Gasteiger partial charge in [0.25, 0.3) is 0 Å². The molecule has 1 amide bonds. The van der Waals surface area contributed by atoms with Crippen molar-refractivity contribution < 1.29 is 19.5 Å². The van der Waals surface area contributed by atoms with Crippen LogP contribution in [0.4, 0.5) is 4.39 Å². The monoisotopic (exact) mass is 387 g/mol. The molecule has 1 saturated carbocycles. The predicted octanol–water partition coefficient (Wildman–Crippen LogP) is 4.10. The third-order valence-corrected chi connectivity index (χ3v) is 4.65. The first kappa shape index (κ1) is 21.4. The topological polar surface area (TPSA) is 87.4 Å². The van der Waals surface area contributed by atoms with E-state index in [0.29, 0.717) is 5.56 Å².